The van der Waals surface area contributed by atoms with Crippen LogP contribution in [0.2, 0.25) is 0 Å². The van der Waals surface area contributed by atoms with Crippen molar-refractivity contribution in [2.45, 2.75) is 69.7 Å². The predicted octanol–water partition coefficient (Wildman–Crippen LogP) is 5.62. The summed E-state index contributed by atoms with van der Waals surface area (Å²) in [5.74, 6) is -1.81. The molecule has 3 unspecified atom stereocenters. The Labute approximate surface area is 290 Å². The smallest absolute Gasteiger partial charge is 0.251 e. The SMILES string of the molecule is C=CCN(Cc1ccccc1)C(=O)[C@@H]1[C@@H]2CC(C)C3(S2)C(C(=O)N(CC=C)c2ccc(N(CC)CC)cc2)N([C@@H](CO)C(C)C)C(=O)[C@H]13. The van der Waals surface area contributed by atoms with Crippen LogP contribution < -0.4 is 9.80 Å². The third-order valence-corrected chi connectivity index (χ3v) is 12.8. The number of benzene rings is 2. The maximum Gasteiger partial charge on any atom is 0.251 e. The zero-order chi connectivity index (χ0) is 34.7. The van der Waals surface area contributed by atoms with E-state index in [1.807, 2.05) is 68.4 Å². The van der Waals surface area contributed by atoms with Crippen LogP contribution in [0, 0.1) is 23.7 Å². The molecule has 3 heterocycles. The van der Waals surface area contributed by atoms with Crippen molar-refractivity contribution in [1.29, 1.82) is 0 Å². The first-order chi connectivity index (χ1) is 23.1. The van der Waals surface area contributed by atoms with E-state index in [0.29, 0.717) is 13.1 Å². The van der Waals surface area contributed by atoms with E-state index in [4.69, 9.17) is 0 Å². The minimum Gasteiger partial charge on any atom is -0.394 e. The molecule has 0 aromatic heterocycles. The van der Waals surface area contributed by atoms with Crippen molar-refractivity contribution in [2.24, 2.45) is 23.7 Å². The summed E-state index contributed by atoms with van der Waals surface area (Å²) in [6, 6.07) is 16.4. The largest absolute Gasteiger partial charge is 0.394 e. The third kappa shape index (κ3) is 6.09. The summed E-state index contributed by atoms with van der Waals surface area (Å²) >= 11 is 1.66. The van der Waals surface area contributed by atoms with E-state index in [2.05, 4.69) is 38.8 Å². The van der Waals surface area contributed by atoms with Crippen LogP contribution in [-0.4, -0.2) is 87.5 Å². The van der Waals surface area contributed by atoms with Crippen molar-refractivity contribution in [3.63, 3.8) is 0 Å². The van der Waals surface area contributed by atoms with Crippen molar-refractivity contribution in [1.82, 2.24) is 9.80 Å². The van der Waals surface area contributed by atoms with Gasteiger partial charge in [-0.3, -0.25) is 14.4 Å². The Morgan fingerprint density at radius 1 is 1.00 bits per heavy atom. The highest BCUT2D eigenvalue weighted by molar-refractivity contribution is 8.02. The summed E-state index contributed by atoms with van der Waals surface area (Å²) in [4.78, 5) is 52.1. The lowest BCUT2D eigenvalue weighted by molar-refractivity contribution is -0.146. The number of anilines is 2. The van der Waals surface area contributed by atoms with E-state index in [0.717, 1.165) is 36.4 Å². The Morgan fingerprint density at radius 3 is 2.19 bits per heavy atom. The Hall–Kier alpha value is -3.56. The number of hydrogen-bond donors (Lipinski definition) is 1. The summed E-state index contributed by atoms with van der Waals surface area (Å²) in [5.41, 5.74) is 2.81. The Kier molecular flexibility index (Phi) is 11.1. The number of thioether (sulfide) groups is 1. The number of aliphatic hydroxyl groups is 1. The van der Waals surface area contributed by atoms with Gasteiger partial charge in [-0.15, -0.1) is 24.9 Å². The van der Waals surface area contributed by atoms with Gasteiger partial charge in [0, 0.05) is 49.3 Å². The monoisotopic (exact) mass is 672 g/mol. The molecule has 3 saturated heterocycles. The summed E-state index contributed by atoms with van der Waals surface area (Å²) in [6.45, 7) is 20.7. The molecule has 1 spiro atoms. The van der Waals surface area contributed by atoms with Crippen LogP contribution in [0.3, 0.4) is 0 Å². The lowest BCUT2D eigenvalue weighted by atomic mass is 9.65. The van der Waals surface area contributed by atoms with Gasteiger partial charge in [0.2, 0.25) is 11.8 Å². The van der Waals surface area contributed by atoms with Gasteiger partial charge in [0.05, 0.1) is 29.2 Å². The molecule has 48 heavy (non-hydrogen) atoms. The van der Waals surface area contributed by atoms with Gasteiger partial charge in [0.25, 0.3) is 5.91 Å². The molecule has 0 saturated carbocycles. The van der Waals surface area contributed by atoms with Crippen molar-refractivity contribution in [2.75, 3.05) is 42.6 Å². The van der Waals surface area contributed by atoms with Gasteiger partial charge in [0.15, 0.2) is 0 Å². The zero-order valence-corrected chi connectivity index (χ0v) is 29.9. The fourth-order valence-corrected chi connectivity index (χ4v) is 10.8. The lowest BCUT2D eigenvalue weighted by Crippen LogP contribution is -2.60. The molecular formula is C39H52N4O4S. The second-order valence-electron chi connectivity index (χ2n) is 13.7. The van der Waals surface area contributed by atoms with Gasteiger partial charge in [-0.2, -0.15) is 0 Å². The third-order valence-electron chi connectivity index (χ3n) is 10.8. The minimum absolute atomic E-state index is 0.00792. The Balaban J connectivity index is 1.58. The molecule has 258 valence electrons. The van der Waals surface area contributed by atoms with Crippen LogP contribution >= 0.6 is 11.8 Å². The summed E-state index contributed by atoms with van der Waals surface area (Å²) < 4.78 is -0.811. The van der Waals surface area contributed by atoms with Crippen molar-refractivity contribution in [3.05, 3.63) is 85.5 Å². The first-order valence-corrected chi connectivity index (χ1v) is 18.3. The molecule has 3 fully saturated rings. The number of hydrogen-bond acceptors (Lipinski definition) is 6. The quantitative estimate of drug-likeness (QED) is 0.248. The van der Waals surface area contributed by atoms with Crippen LogP contribution in [0.1, 0.15) is 46.6 Å². The van der Waals surface area contributed by atoms with Crippen LogP contribution in [0.5, 0.6) is 0 Å². The van der Waals surface area contributed by atoms with Crippen LogP contribution in [-0.2, 0) is 20.9 Å². The highest BCUT2D eigenvalue weighted by atomic mass is 32.2. The van der Waals surface area contributed by atoms with Gasteiger partial charge in [-0.05, 0) is 61.9 Å². The molecule has 2 aromatic carbocycles. The second kappa shape index (κ2) is 14.9. The fraction of sp³-hybridized carbons (Fsp3) is 0.513. The van der Waals surface area contributed by atoms with Gasteiger partial charge in [-0.1, -0.05) is 63.3 Å². The molecule has 1 N–H and O–H groups in total. The normalized spacial score (nSPS) is 26.4. The fourth-order valence-electron chi connectivity index (χ4n) is 8.43. The number of nitrogens with zero attached hydrogens (tertiary/aromatic N) is 4. The van der Waals surface area contributed by atoms with E-state index in [1.165, 1.54) is 0 Å². The molecule has 9 heteroatoms. The van der Waals surface area contributed by atoms with Gasteiger partial charge in [0.1, 0.15) is 6.04 Å². The first-order valence-electron chi connectivity index (χ1n) is 17.4. The number of carbonyl (C=O) groups is 3. The highest BCUT2D eigenvalue weighted by Crippen LogP contribution is 2.69. The molecule has 2 aromatic rings. The highest BCUT2D eigenvalue weighted by Gasteiger charge is 2.77. The van der Waals surface area contributed by atoms with Crippen molar-refractivity contribution >= 4 is 40.9 Å². The van der Waals surface area contributed by atoms with Crippen LogP contribution in [0.15, 0.2) is 79.9 Å². The Morgan fingerprint density at radius 2 is 1.62 bits per heavy atom. The number of carbonyl (C=O) groups excluding carboxylic acids is 3. The number of fused-ring (bicyclic) bond motifs is 1. The van der Waals surface area contributed by atoms with Gasteiger partial charge >= 0.3 is 0 Å². The number of rotatable bonds is 15. The van der Waals surface area contributed by atoms with E-state index in [1.54, 1.807) is 38.6 Å². The van der Waals surface area contributed by atoms with Crippen molar-refractivity contribution in [3.8, 4) is 0 Å². The molecule has 2 bridgehead atoms. The molecule has 0 radical (unpaired) electrons. The second-order valence-corrected chi connectivity index (χ2v) is 15.3. The molecule has 0 aliphatic carbocycles. The topological polar surface area (TPSA) is 84.4 Å². The summed E-state index contributed by atoms with van der Waals surface area (Å²) in [5, 5.41) is 10.6. The Bertz CT molecular complexity index is 1480. The average molecular weight is 673 g/mol. The van der Waals surface area contributed by atoms with E-state index < -0.39 is 28.7 Å². The maximum absolute atomic E-state index is 15.2. The van der Waals surface area contributed by atoms with E-state index in [-0.39, 0.29) is 48.0 Å². The predicted molar refractivity (Wildman–Crippen MR) is 196 cm³/mol. The average Bonchev–Trinajstić information content (AvgIpc) is 3.68. The van der Waals surface area contributed by atoms with E-state index in [9.17, 15) is 14.7 Å². The lowest BCUT2D eigenvalue weighted by Gasteiger charge is -2.43. The maximum atomic E-state index is 15.2. The zero-order valence-electron chi connectivity index (χ0n) is 29.1. The molecule has 3 aliphatic rings. The minimum atomic E-state index is -0.846. The molecule has 8 nitrogen and oxygen atoms in total. The molecule has 3 amide bonds. The van der Waals surface area contributed by atoms with Gasteiger partial charge < -0.3 is 24.7 Å². The number of aliphatic hydroxyl groups excluding tert-OH is 1. The van der Waals surface area contributed by atoms with Crippen LogP contribution in [0.25, 0.3) is 0 Å². The number of likely N-dealkylation sites (tertiary alicyclic amines) is 1. The molecular weight excluding hydrogens is 621 g/mol. The summed E-state index contributed by atoms with van der Waals surface area (Å²) in [6.07, 6.45) is 4.18. The first kappa shape index (κ1) is 35.7. The standard InChI is InChI=1S/C39H52N4O4S/c1-8-21-41(24-28-15-13-12-14-16-28)36(45)33-32-23-27(7)39(48-32)34(33)37(46)43(31(25-44)26(5)6)35(39)38(47)42(22-9-2)30-19-17-29(18-20-30)40(10-3)11-4/h8-9,12-20,26-27,31-35,44H,1-2,10-11,21-25H2,3-7H3/t27?,31-,32-,33+,34-,35?,39?/m0/s1. The van der Waals surface area contributed by atoms with Crippen LogP contribution in [0.4, 0.5) is 11.4 Å². The molecule has 3 aliphatic heterocycles. The van der Waals surface area contributed by atoms with Gasteiger partial charge in [-0.25, -0.2) is 0 Å². The molecule has 5 rings (SSSR count). The number of amides is 3. The molecule has 7 atom stereocenters. The summed E-state index contributed by atoms with van der Waals surface area (Å²) in [7, 11) is 0. The van der Waals surface area contributed by atoms with Crippen molar-refractivity contribution < 1.29 is 19.5 Å². The van der Waals surface area contributed by atoms with E-state index >= 15 is 4.79 Å².